The van der Waals surface area contributed by atoms with Crippen molar-refractivity contribution in [3.05, 3.63) is 29.8 Å². The Morgan fingerprint density at radius 3 is 1.31 bits per heavy atom. The lowest BCUT2D eigenvalue weighted by molar-refractivity contribution is -0.143. The fourth-order valence-electron chi connectivity index (χ4n) is 12.5. The molecule has 1 aliphatic heterocycles. The minimum absolute atomic E-state index is 0.00845. The number of carbonyl (C=O) groups excluding carboxylic acids is 12. The molecule has 0 saturated carbocycles. The topological polar surface area (TPSA) is 876 Å². The van der Waals surface area contributed by atoms with E-state index in [1.807, 2.05) is 0 Å². The van der Waals surface area contributed by atoms with Crippen LogP contribution in [0.25, 0.3) is 0 Å². The SMILES string of the molecule is CC[C@H](C)[C@H](NC(=O)[C@H](CCC(=O)O)NC(=O)[C@H](CCCN=C(N)N)NC(=O)[C@H](CCCN=C(N)N)NC(=O)[C@@H](N)CCCCN)C(=O)N[C@@H](CC(C)C)C(=O)N[C@@H](C)C(=O)N[C@@H](CCCN=C(N)N)C(=O)N[C@@H](CCCN=C(N)N)C(=O)N1CCC[C@H]1C(=O)N[C@@H](COP(=O)(O)O)C(=O)N[C@@H](Cc1ccc(O)cc1)C(=O)N[C@@H](CCCN=C(N)N)C(=O)O. The third kappa shape index (κ3) is 43.7. The van der Waals surface area contributed by atoms with Gasteiger partial charge in [-0.15, -0.1) is 0 Å². The van der Waals surface area contributed by atoms with Crippen molar-refractivity contribution in [2.45, 2.75) is 242 Å². The van der Waals surface area contributed by atoms with Crippen molar-refractivity contribution < 1.29 is 101 Å². The van der Waals surface area contributed by atoms with Gasteiger partial charge in [-0.3, -0.25) is 91.8 Å². The first-order valence-electron chi connectivity index (χ1n) is 40.6. The number of guanidine groups is 5. The van der Waals surface area contributed by atoms with E-state index >= 15 is 0 Å². The zero-order chi connectivity index (χ0) is 93.5. The van der Waals surface area contributed by atoms with Gasteiger partial charge in [-0.25, -0.2) is 9.36 Å². The Kier molecular flexibility index (Phi) is 49.3. The van der Waals surface area contributed by atoms with Gasteiger partial charge in [-0.05, 0) is 146 Å². The van der Waals surface area contributed by atoms with Gasteiger partial charge in [-0.1, -0.05) is 52.7 Å². The number of phenols is 1. The van der Waals surface area contributed by atoms with Crippen LogP contribution in [-0.4, -0.2) is 274 Å². The number of aliphatic imine (C=N–C) groups is 5. The van der Waals surface area contributed by atoms with Crippen molar-refractivity contribution in [3.63, 3.8) is 0 Å². The van der Waals surface area contributed by atoms with Crippen molar-refractivity contribution in [1.82, 2.24) is 63.4 Å². The maximum atomic E-state index is 15.0. The van der Waals surface area contributed by atoms with Crippen LogP contribution in [0.2, 0.25) is 0 Å². The maximum Gasteiger partial charge on any atom is 0.469 e. The van der Waals surface area contributed by atoms with Crippen LogP contribution in [0, 0.1) is 11.8 Å². The number of phosphoric acid groups is 1. The van der Waals surface area contributed by atoms with E-state index in [1.165, 1.54) is 31.2 Å². The Bertz CT molecular complexity index is 3890. The molecule has 1 heterocycles. The van der Waals surface area contributed by atoms with E-state index in [4.69, 9.17) is 68.8 Å². The Balaban J connectivity index is 2.60. The molecule has 1 aliphatic rings. The number of rotatable bonds is 60. The fourth-order valence-corrected chi connectivity index (χ4v) is 12.8. The number of nitrogens with zero attached hydrogens (tertiary/aromatic N) is 6. The number of hydrogen-bond acceptors (Lipinski definition) is 24. The number of carboxylic acid groups (broad SMARTS) is 2. The molecule has 1 fully saturated rings. The molecule has 14 atom stereocenters. The van der Waals surface area contributed by atoms with Gasteiger partial charge < -0.3 is 157 Å². The Morgan fingerprint density at radius 2 is 0.871 bits per heavy atom. The number of hydrogen-bond donors (Lipinski definition) is 28. The molecule has 1 aromatic carbocycles. The summed E-state index contributed by atoms with van der Waals surface area (Å²) >= 11 is 0. The number of carboxylic acids is 2. The first-order valence-corrected chi connectivity index (χ1v) is 42.1. The normalized spacial score (nSPS) is 15.5. The smallest absolute Gasteiger partial charge is 0.469 e. The van der Waals surface area contributed by atoms with E-state index in [0.717, 1.165) is 4.90 Å². The van der Waals surface area contributed by atoms with Crippen LogP contribution in [0.15, 0.2) is 49.2 Å². The molecule has 51 heteroatoms. The highest BCUT2D eigenvalue weighted by Crippen LogP contribution is 2.36. The van der Waals surface area contributed by atoms with Crippen molar-refractivity contribution in [3.8, 4) is 5.75 Å². The summed E-state index contributed by atoms with van der Waals surface area (Å²) in [5, 5.41) is 57.6. The van der Waals surface area contributed by atoms with Gasteiger partial charge in [0.2, 0.25) is 70.9 Å². The van der Waals surface area contributed by atoms with E-state index in [-0.39, 0.29) is 177 Å². The van der Waals surface area contributed by atoms with Gasteiger partial charge in [0.05, 0.1) is 12.6 Å². The molecule has 124 heavy (non-hydrogen) atoms. The lowest BCUT2D eigenvalue weighted by Crippen LogP contribution is -2.61. The first kappa shape index (κ1) is 108. The first-order chi connectivity index (χ1) is 58.3. The van der Waals surface area contributed by atoms with E-state index < -0.39 is 201 Å². The van der Waals surface area contributed by atoms with Gasteiger partial charge in [0.25, 0.3) is 0 Å². The summed E-state index contributed by atoms with van der Waals surface area (Å²) in [6, 6.07) is -14.8. The van der Waals surface area contributed by atoms with Crippen LogP contribution < -0.4 is 127 Å². The molecule has 1 saturated heterocycles. The molecule has 0 aromatic heterocycles. The van der Waals surface area contributed by atoms with Gasteiger partial charge >= 0.3 is 19.8 Å². The van der Waals surface area contributed by atoms with E-state index in [2.05, 4.69) is 88.0 Å². The predicted octanol–water partition coefficient (Wildman–Crippen LogP) is -8.85. The number of likely N-dealkylation sites (tertiary alicyclic amines) is 1. The van der Waals surface area contributed by atoms with Crippen LogP contribution in [0.3, 0.4) is 0 Å². The second kappa shape index (κ2) is 56.6. The quantitative estimate of drug-likeness (QED) is 0.0125. The lowest BCUT2D eigenvalue weighted by Gasteiger charge is -2.31. The van der Waals surface area contributed by atoms with E-state index in [9.17, 15) is 96.8 Å². The molecule has 0 radical (unpaired) electrons. The number of phosphoric ester groups is 1. The molecule has 698 valence electrons. The number of nitrogens with one attached hydrogen (secondary N) is 11. The van der Waals surface area contributed by atoms with E-state index in [0.29, 0.717) is 24.9 Å². The second-order valence-corrected chi connectivity index (χ2v) is 31.3. The summed E-state index contributed by atoms with van der Waals surface area (Å²) < 4.78 is 16.8. The number of unbranched alkanes of at least 4 members (excludes halogenated alkanes) is 1. The fraction of sp³-hybridized carbons (Fsp3) is 0.658. The summed E-state index contributed by atoms with van der Waals surface area (Å²) in [5.41, 5.74) is 67.3. The lowest BCUT2D eigenvalue weighted by atomic mass is 9.96. The summed E-state index contributed by atoms with van der Waals surface area (Å²) in [4.78, 5) is 237. The number of aromatic hydroxyl groups is 1. The van der Waals surface area contributed by atoms with Gasteiger partial charge in [-0.2, -0.15) is 0 Å². The predicted molar refractivity (Wildman–Crippen MR) is 455 cm³/mol. The highest BCUT2D eigenvalue weighted by molar-refractivity contribution is 7.46. The van der Waals surface area contributed by atoms with Crippen molar-refractivity contribution in [1.29, 1.82) is 0 Å². The number of carbonyl (C=O) groups is 14. The molecule has 1 aromatic rings. The van der Waals surface area contributed by atoms with Crippen molar-refractivity contribution in [2.75, 3.05) is 52.4 Å². The van der Waals surface area contributed by atoms with Crippen LogP contribution >= 0.6 is 7.82 Å². The zero-order valence-corrected chi connectivity index (χ0v) is 71.5. The number of nitrogens with two attached hydrogens (primary N) is 12. The van der Waals surface area contributed by atoms with Crippen LogP contribution in [0.5, 0.6) is 5.75 Å². The number of benzene rings is 1. The molecule has 12 amide bonds. The minimum atomic E-state index is -5.45. The summed E-state index contributed by atoms with van der Waals surface area (Å²) in [5.74, 6) is -17.6. The van der Waals surface area contributed by atoms with Crippen LogP contribution in [0.1, 0.15) is 162 Å². The van der Waals surface area contributed by atoms with Gasteiger partial charge in [0.15, 0.2) is 29.8 Å². The highest BCUT2D eigenvalue weighted by atomic mass is 31.2. The summed E-state index contributed by atoms with van der Waals surface area (Å²) in [6.45, 7) is 6.59. The van der Waals surface area contributed by atoms with Crippen LogP contribution in [0.4, 0.5) is 0 Å². The van der Waals surface area contributed by atoms with Gasteiger partial charge in [0, 0.05) is 52.1 Å². The van der Waals surface area contributed by atoms with Crippen molar-refractivity contribution in [2.24, 2.45) is 106 Å². The monoisotopic (exact) mass is 1780 g/mol. The average Bonchev–Trinajstić information content (AvgIpc) is 1.62. The summed E-state index contributed by atoms with van der Waals surface area (Å²) in [7, 11) is -5.45. The Morgan fingerprint density at radius 1 is 0.476 bits per heavy atom. The number of phenolic OH excluding ortho intramolecular Hbond substituents is 1. The minimum Gasteiger partial charge on any atom is -0.508 e. The largest absolute Gasteiger partial charge is 0.508 e. The molecule has 2 rings (SSSR count). The number of amides is 12. The molecular formula is C73H130N29O21P. The van der Waals surface area contributed by atoms with Crippen LogP contribution in [-0.2, 0) is 82.6 Å². The molecular weight excluding hydrogens is 1650 g/mol. The average molecular weight is 1780 g/mol. The molecule has 50 nitrogen and oxygen atoms in total. The highest BCUT2D eigenvalue weighted by Gasteiger charge is 2.42. The maximum absolute atomic E-state index is 15.0. The van der Waals surface area contributed by atoms with Gasteiger partial charge in [0.1, 0.15) is 78.3 Å². The Labute approximate surface area is 717 Å². The summed E-state index contributed by atoms with van der Waals surface area (Å²) in [6.07, 6.45) is -0.994. The van der Waals surface area contributed by atoms with Crippen molar-refractivity contribution >= 4 is 120 Å². The zero-order valence-electron chi connectivity index (χ0n) is 70.6. The molecule has 0 bridgehead atoms. The number of aliphatic carboxylic acids is 2. The standard InChI is InChI=1S/C73H130N29O21P/c1-6-39(4)55(101-61(111)47(26-27-54(104)105)95-59(109)46(18-11-31-88-71(80)81)94-58(108)45(17-10-30-87-70(78)79)93-57(107)43(75)15-7-8-28-74)66(116)99-50(35-38(2)3)62(112)91-40(5)56(106)92-44(16-9-29-86-69(76)77)60(110)96-48(19-12-32-89-72(82)83)67(117)102-34-14-21-53(102)65(115)100-52(37-123-124(120,121)122)64(114)98-51(36-41-22-24-42(103)25-23-41)63(113)97-49(68(118)119)20-13-33-90-73(84)85/h22-25,38-40,43-53,55,103H,6-21,26-37,74-75H2,1-5H3,(H,91,112)(H,92,106)(H,93,107)(H,94,108)(H,95,109)(H,96,110)(H,97,113)(H,98,114)(H,99,116)(H,100,115)(H,101,111)(H,104,105)(H,118,119)(H4,76,77,86)(H4,78,79,87)(H4,80,81,88)(H4,82,83,89)(H4,84,85,90)(H2,120,121,122)/t39-,40-,43-,44-,45-,46-,47-,48-,49-,50-,51-,52-,53-,55-/m0/s1. The third-order valence-electron chi connectivity index (χ3n) is 19.2. The Hall–Kier alpha value is -12.0. The molecule has 0 unspecified atom stereocenters. The second-order valence-electron chi connectivity index (χ2n) is 30.0. The third-order valence-corrected chi connectivity index (χ3v) is 19.7. The molecule has 0 spiro atoms. The van der Waals surface area contributed by atoms with E-state index in [1.54, 1.807) is 27.7 Å². The molecule has 40 N–H and O–H groups in total. The molecule has 0 aliphatic carbocycles.